The van der Waals surface area contributed by atoms with Crippen molar-refractivity contribution in [1.29, 1.82) is 0 Å². The monoisotopic (exact) mass is 497 g/mol. The molecule has 4 fully saturated rings. The van der Waals surface area contributed by atoms with Crippen LogP contribution in [0.15, 0.2) is 18.5 Å². The van der Waals surface area contributed by atoms with Gasteiger partial charge in [-0.15, -0.1) is 0 Å². The molecular formula is C24H28FN7O4. The van der Waals surface area contributed by atoms with Gasteiger partial charge in [-0.05, 0) is 51.0 Å². The summed E-state index contributed by atoms with van der Waals surface area (Å²) in [5.41, 5.74) is -0.150. The highest BCUT2D eigenvalue weighted by Crippen LogP contribution is 2.43. The van der Waals surface area contributed by atoms with Gasteiger partial charge in [-0.25, -0.2) is 9.07 Å². The van der Waals surface area contributed by atoms with E-state index < -0.39 is 10.6 Å². The van der Waals surface area contributed by atoms with Crippen molar-refractivity contribution in [2.24, 2.45) is 0 Å². The molecule has 190 valence electrons. The lowest BCUT2D eigenvalue weighted by molar-refractivity contribution is -0.384. The molecule has 12 heteroatoms. The maximum Gasteiger partial charge on any atom is 0.316 e. The molecule has 4 aliphatic rings. The lowest BCUT2D eigenvalue weighted by atomic mass is 10.1. The Bertz CT molecular complexity index is 1320. The number of halogens is 1. The summed E-state index contributed by atoms with van der Waals surface area (Å²) in [5.74, 6) is 0.750. The molecule has 0 amide bonds. The summed E-state index contributed by atoms with van der Waals surface area (Å²) in [6, 6.07) is 1.75. The third-order valence-electron chi connectivity index (χ3n) is 7.50. The zero-order valence-corrected chi connectivity index (χ0v) is 19.9. The summed E-state index contributed by atoms with van der Waals surface area (Å²) < 4.78 is 29.8. The Morgan fingerprint density at radius 3 is 2.72 bits per heavy atom. The molecule has 11 nitrogen and oxygen atoms in total. The molecule has 7 rings (SSSR count). The predicted molar refractivity (Wildman–Crippen MR) is 127 cm³/mol. The average Bonchev–Trinajstić information content (AvgIpc) is 3.74. The van der Waals surface area contributed by atoms with Gasteiger partial charge in [0, 0.05) is 25.9 Å². The van der Waals surface area contributed by atoms with E-state index in [2.05, 4.69) is 15.0 Å². The number of nitrogens with zero attached hydrogens (tertiary/aromatic N) is 7. The van der Waals surface area contributed by atoms with Crippen LogP contribution in [0.1, 0.15) is 51.2 Å². The van der Waals surface area contributed by atoms with Crippen LogP contribution in [-0.4, -0.2) is 67.0 Å². The first-order chi connectivity index (χ1) is 17.5. The highest BCUT2D eigenvalue weighted by molar-refractivity contribution is 5.92. The normalized spacial score (nSPS) is 23.7. The molecule has 3 aromatic heterocycles. The number of fused-ring (bicyclic) bond motifs is 1. The molecule has 0 aromatic carbocycles. The van der Waals surface area contributed by atoms with Crippen molar-refractivity contribution in [3.05, 3.63) is 28.6 Å². The Morgan fingerprint density at radius 2 is 2.03 bits per heavy atom. The van der Waals surface area contributed by atoms with Gasteiger partial charge in [0.25, 0.3) is 0 Å². The first-order valence-corrected chi connectivity index (χ1v) is 12.8. The number of hydrogen-bond donors (Lipinski definition) is 0. The van der Waals surface area contributed by atoms with E-state index in [0.717, 1.165) is 56.4 Å². The molecule has 2 saturated heterocycles. The van der Waals surface area contributed by atoms with Crippen LogP contribution in [0, 0.1) is 10.1 Å². The summed E-state index contributed by atoms with van der Waals surface area (Å²) in [6.45, 7) is 2.23. The molecular weight excluding hydrogens is 469 g/mol. The molecule has 2 saturated carbocycles. The molecule has 0 spiro atoms. The van der Waals surface area contributed by atoms with Crippen molar-refractivity contribution < 1.29 is 18.8 Å². The third-order valence-corrected chi connectivity index (χ3v) is 7.50. The Balaban J connectivity index is 1.25. The average molecular weight is 498 g/mol. The first kappa shape index (κ1) is 22.1. The molecule has 0 N–H and O–H groups in total. The van der Waals surface area contributed by atoms with E-state index >= 15 is 0 Å². The van der Waals surface area contributed by atoms with Gasteiger partial charge in [-0.2, -0.15) is 10.2 Å². The van der Waals surface area contributed by atoms with Gasteiger partial charge < -0.3 is 14.4 Å². The van der Waals surface area contributed by atoms with Crippen molar-refractivity contribution in [3.8, 4) is 11.4 Å². The highest BCUT2D eigenvalue weighted by Gasteiger charge is 2.44. The lowest BCUT2D eigenvalue weighted by Crippen LogP contribution is -2.53. The molecule has 5 heterocycles. The Morgan fingerprint density at radius 1 is 1.19 bits per heavy atom. The number of hydrogen-bond acceptors (Lipinski definition) is 8. The molecule has 3 aromatic rings. The van der Waals surface area contributed by atoms with Crippen LogP contribution < -0.4 is 4.90 Å². The topological polar surface area (TPSA) is 113 Å². The van der Waals surface area contributed by atoms with E-state index in [1.54, 1.807) is 16.9 Å². The fraction of sp³-hybridized carbons (Fsp3) is 0.625. The smallest absolute Gasteiger partial charge is 0.316 e. The van der Waals surface area contributed by atoms with Crippen molar-refractivity contribution in [2.45, 2.75) is 75.6 Å². The third kappa shape index (κ3) is 4.01. The van der Waals surface area contributed by atoms with Crippen molar-refractivity contribution >= 4 is 22.4 Å². The Labute approximate surface area is 206 Å². The van der Waals surface area contributed by atoms with Crippen LogP contribution in [0.25, 0.3) is 22.3 Å². The fourth-order valence-corrected chi connectivity index (χ4v) is 5.05. The second-order valence-electron chi connectivity index (χ2n) is 10.5. The summed E-state index contributed by atoms with van der Waals surface area (Å²) in [4.78, 5) is 18.1. The summed E-state index contributed by atoms with van der Waals surface area (Å²) in [7, 11) is 0. The number of aromatic nitrogens is 5. The molecule has 2 aliphatic carbocycles. The van der Waals surface area contributed by atoms with Crippen LogP contribution in [0.4, 0.5) is 15.9 Å². The number of anilines is 1. The number of pyridine rings is 1. The van der Waals surface area contributed by atoms with Crippen LogP contribution in [-0.2, 0) is 16.0 Å². The van der Waals surface area contributed by atoms with Gasteiger partial charge in [-0.1, -0.05) is 0 Å². The van der Waals surface area contributed by atoms with Crippen LogP contribution in [0.3, 0.4) is 0 Å². The Hall–Kier alpha value is -3.12. The van der Waals surface area contributed by atoms with Gasteiger partial charge in [0.2, 0.25) is 0 Å². The summed E-state index contributed by atoms with van der Waals surface area (Å²) in [5, 5.41) is 21.9. The predicted octanol–water partition coefficient (Wildman–Crippen LogP) is 3.77. The van der Waals surface area contributed by atoms with Gasteiger partial charge in [0.1, 0.15) is 18.1 Å². The summed E-state index contributed by atoms with van der Waals surface area (Å²) in [6.07, 6.45) is 9.34. The van der Waals surface area contributed by atoms with Crippen molar-refractivity contribution in [2.75, 3.05) is 24.6 Å². The number of rotatable bonds is 8. The quantitative estimate of drug-likeness (QED) is 0.341. The summed E-state index contributed by atoms with van der Waals surface area (Å²) >= 11 is 0. The maximum atomic E-state index is 14.8. The van der Waals surface area contributed by atoms with Crippen LogP contribution >= 0.6 is 0 Å². The van der Waals surface area contributed by atoms with Gasteiger partial charge in [-0.3, -0.25) is 19.8 Å². The van der Waals surface area contributed by atoms with Crippen LogP contribution in [0.5, 0.6) is 0 Å². The number of alkyl halides is 1. The maximum absolute atomic E-state index is 14.8. The highest BCUT2D eigenvalue weighted by atomic mass is 19.1. The van der Waals surface area contributed by atoms with E-state index in [0.29, 0.717) is 36.8 Å². The minimum Gasteiger partial charge on any atom is -0.371 e. The number of ether oxygens (including phenoxy) is 2. The van der Waals surface area contributed by atoms with Crippen molar-refractivity contribution in [1.82, 2.24) is 24.5 Å². The minimum atomic E-state index is -1.25. The largest absolute Gasteiger partial charge is 0.371 e. The molecule has 2 aliphatic heterocycles. The van der Waals surface area contributed by atoms with Gasteiger partial charge >= 0.3 is 5.69 Å². The minimum absolute atomic E-state index is 0.130. The standard InChI is InChI=1S/C24H28FN7O4/c25-24(6-7-24)14-31-19-9-18(22-20(32(33)34)13-30(27-22)21-3-1-2-8-35-21)26-10-17(19)23(28-31)29-11-16(12-29)36-15-4-5-15/h9-10,13,15-16,21H,1-8,11-12,14H2. The van der Waals surface area contributed by atoms with Gasteiger partial charge in [0.15, 0.2) is 11.5 Å². The van der Waals surface area contributed by atoms with E-state index in [9.17, 15) is 14.5 Å². The second-order valence-corrected chi connectivity index (χ2v) is 10.5. The lowest BCUT2D eigenvalue weighted by Gasteiger charge is -2.39. The Kier molecular flexibility index (Phi) is 5.04. The fourth-order valence-electron chi connectivity index (χ4n) is 5.05. The van der Waals surface area contributed by atoms with Gasteiger partial charge in [0.05, 0.1) is 40.3 Å². The van der Waals surface area contributed by atoms with E-state index in [4.69, 9.17) is 14.6 Å². The second kappa shape index (κ2) is 8.20. The molecule has 0 bridgehead atoms. The molecule has 1 unspecified atom stereocenters. The van der Waals surface area contributed by atoms with E-state index in [1.165, 1.54) is 10.9 Å². The number of nitro groups is 1. The molecule has 36 heavy (non-hydrogen) atoms. The SMILES string of the molecule is O=[N+]([O-])c1cn(C2CCCCO2)nc1-c1cc2c(cn1)c(N1CC(OC3CC3)C1)nn2CC1(F)CC1. The zero-order valence-electron chi connectivity index (χ0n) is 19.9. The zero-order chi connectivity index (χ0) is 24.4. The van der Waals surface area contributed by atoms with E-state index in [-0.39, 0.29) is 30.3 Å². The van der Waals surface area contributed by atoms with Crippen LogP contribution in [0.2, 0.25) is 0 Å². The first-order valence-electron chi connectivity index (χ1n) is 12.8. The van der Waals surface area contributed by atoms with E-state index in [1.807, 2.05) is 0 Å². The van der Waals surface area contributed by atoms with Crippen molar-refractivity contribution in [3.63, 3.8) is 0 Å². The molecule has 1 atom stereocenters. The molecule has 0 radical (unpaired) electrons.